The number of rotatable bonds is 11. The lowest BCUT2D eigenvalue weighted by atomic mass is 10.2. The summed E-state index contributed by atoms with van der Waals surface area (Å²) in [6.45, 7) is 8.22. The Labute approximate surface area is 126 Å². The normalized spacial score (nSPS) is 12.0. The van der Waals surface area contributed by atoms with Gasteiger partial charge in [0, 0.05) is 13.7 Å². The van der Waals surface area contributed by atoms with E-state index in [0.29, 0.717) is 31.1 Å². The highest BCUT2D eigenvalue weighted by molar-refractivity contribution is 5.36. The van der Waals surface area contributed by atoms with Crippen molar-refractivity contribution in [1.29, 1.82) is 0 Å². The largest absolute Gasteiger partial charge is 0.463 e. The number of aromatic nitrogens is 3. The van der Waals surface area contributed by atoms with Crippen LogP contribution in [0.4, 0.5) is 11.9 Å². The average molecular weight is 297 g/mol. The van der Waals surface area contributed by atoms with Gasteiger partial charge in [0.05, 0.1) is 19.3 Å². The highest BCUT2D eigenvalue weighted by Gasteiger charge is 2.11. The maximum Gasteiger partial charge on any atom is 0.323 e. The van der Waals surface area contributed by atoms with E-state index in [2.05, 4.69) is 39.4 Å². The van der Waals surface area contributed by atoms with E-state index in [-0.39, 0.29) is 6.04 Å². The summed E-state index contributed by atoms with van der Waals surface area (Å²) in [5.74, 6) is 1.05. The summed E-state index contributed by atoms with van der Waals surface area (Å²) in [7, 11) is 1.68. The lowest BCUT2D eigenvalue weighted by Crippen LogP contribution is -2.25. The summed E-state index contributed by atoms with van der Waals surface area (Å²) >= 11 is 0. The van der Waals surface area contributed by atoms with Crippen molar-refractivity contribution in [3.8, 4) is 6.01 Å². The van der Waals surface area contributed by atoms with Crippen LogP contribution in [0.3, 0.4) is 0 Å². The first-order chi connectivity index (χ1) is 10.2. The van der Waals surface area contributed by atoms with Crippen molar-refractivity contribution in [2.45, 2.75) is 46.1 Å². The van der Waals surface area contributed by atoms with Crippen molar-refractivity contribution in [3.63, 3.8) is 0 Å². The van der Waals surface area contributed by atoms with E-state index < -0.39 is 0 Å². The maximum absolute atomic E-state index is 5.52. The molecule has 0 aliphatic rings. The van der Waals surface area contributed by atoms with E-state index in [4.69, 9.17) is 9.47 Å². The van der Waals surface area contributed by atoms with Gasteiger partial charge in [-0.3, -0.25) is 0 Å². The van der Waals surface area contributed by atoms with Gasteiger partial charge in [0.15, 0.2) is 0 Å². The molecule has 0 aliphatic carbocycles. The Morgan fingerprint density at radius 1 is 1.05 bits per heavy atom. The smallest absolute Gasteiger partial charge is 0.323 e. The summed E-state index contributed by atoms with van der Waals surface area (Å²) in [6.07, 6.45) is 2.83. The van der Waals surface area contributed by atoms with Crippen LogP contribution < -0.4 is 15.4 Å². The summed E-state index contributed by atoms with van der Waals surface area (Å²) in [4.78, 5) is 12.9. The van der Waals surface area contributed by atoms with Crippen molar-refractivity contribution in [1.82, 2.24) is 15.0 Å². The minimum atomic E-state index is 0.162. The predicted molar refractivity (Wildman–Crippen MR) is 84.0 cm³/mol. The Bertz CT molecular complexity index is 377. The molecule has 1 rings (SSSR count). The highest BCUT2D eigenvalue weighted by atomic mass is 16.5. The molecule has 0 saturated heterocycles. The second kappa shape index (κ2) is 10.1. The maximum atomic E-state index is 5.52. The zero-order chi connectivity index (χ0) is 15.5. The third-order valence-electron chi connectivity index (χ3n) is 2.78. The van der Waals surface area contributed by atoms with Gasteiger partial charge in [0.1, 0.15) is 0 Å². The van der Waals surface area contributed by atoms with E-state index in [1.165, 1.54) is 0 Å². The van der Waals surface area contributed by atoms with Gasteiger partial charge in [0.25, 0.3) is 0 Å². The molecule has 1 atom stereocenters. The van der Waals surface area contributed by atoms with Crippen molar-refractivity contribution >= 4 is 11.9 Å². The average Bonchev–Trinajstić information content (AvgIpc) is 2.50. The molecule has 0 radical (unpaired) electrons. The quantitative estimate of drug-likeness (QED) is 0.648. The van der Waals surface area contributed by atoms with Gasteiger partial charge in [-0.15, -0.1) is 0 Å². The topological polar surface area (TPSA) is 81.2 Å². The molecule has 120 valence electrons. The van der Waals surface area contributed by atoms with Crippen LogP contribution in [-0.4, -0.2) is 47.9 Å². The number of nitrogens with one attached hydrogen (secondary N) is 2. The Kier molecular flexibility index (Phi) is 8.42. The molecule has 0 bridgehead atoms. The van der Waals surface area contributed by atoms with E-state index >= 15 is 0 Å². The molecule has 1 aromatic rings. The van der Waals surface area contributed by atoms with Crippen molar-refractivity contribution in [3.05, 3.63) is 0 Å². The fourth-order valence-electron chi connectivity index (χ4n) is 1.64. The van der Waals surface area contributed by atoms with Gasteiger partial charge in [-0.05, 0) is 19.3 Å². The van der Waals surface area contributed by atoms with Gasteiger partial charge in [-0.1, -0.05) is 20.8 Å². The zero-order valence-electron chi connectivity index (χ0n) is 13.5. The Hall–Kier alpha value is -1.63. The molecule has 1 heterocycles. The van der Waals surface area contributed by atoms with E-state index in [1.54, 1.807) is 7.11 Å². The Balaban J connectivity index is 2.83. The minimum Gasteiger partial charge on any atom is -0.463 e. The van der Waals surface area contributed by atoms with Crippen LogP contribution >= 0.6 is 0 Å². The van der Waals surface area contributed by atoms with E-state index in [0.717, 1.165) is 25.8 Å². The molecular formula is C14H27N5O2. The molecule has 0 fully saturated rings. The summed E-state index contributed by atoms with van der Waals surface area (Å²) in [6, 6.07) is 0.510. The van der Waals surface area contributed by atoms with Gasteiger partial charge < -0.3 is 20.1 Å². The molecule has 0 spiro atoms. The van der Waals surface area contributed by atoms with Gasteiger partial charge >= 0.3 is 6.01 Å². The molecule has 0 aliphatic heterocycles. The number of methoxy groups -OCH3 is 1. The van der Waals surface area contributed by atoms with Gasteiger partial charge in [-0.25, -0.2) is 0 Å². The van der Waals surface area contributed by atoms with E-state index in [9.17, 15) is 0 Å². The highest BCUT2D eigenvalue weighted by Crippen LogP contribution is 2.13. The molecule has 21 heavy (non-hydrogen) atoms. The monoisotopic (exact) mass is 297 g/mol. The lowest BCUT2D eigenvalue weighted by Gasteiger charge is -2.16. The molecule has 1 aromatic heterocycles. The number of hydrogen-bond acceptors (Lipinski definition) is 7. The van der Waals surface area contributed by atoms with Crippen molar-refractivity contribution < 1.29 is 9.47 Å². The molecule has 1 unspecified atom stereocenters. The summed E-state index contributed by atoms with van der Waals surface area (Å²) < 4.78 is 10.7. The third kappa shape index (κ3) is 6.57. The SMILES string of the molecule is CCCNc1nc(NC(CC)COC)nc(OCCC)n1. The van der Waals surface area contributed by atoms with Gasteiger partial charge in [0.2, 0.25) is 11.9 Å². The van der Waals surface area contributed by atoms with E-state index in [1.807, 2.05) is 6.92 Å². The van der Waals surface area contributed by atoms with Crippen LogP contribution in [0.25, 0.3) is 0 Å². The number of anilines is 2. The molecule has 7 heteroatoms. The molecule has 2 N–H and O–H groups in total. The Morgan fingerprint density at radius 2 is 1.81 bits per heavy atom. The van der Waals surface area contributed by atoms with Crippen LogP contribution in [0, 0.1) is 0 Å². The third-order valence-corrected chi connectivity index (χ3v) is 2.78. The van der Waals surface area contributed by atoms with Gasteiger partial charge in [-0.2, -0.15) is 15.0 Å². The predicted octanol–water partition coefficient (Wildman–Crippen LogP) is 2.32. The number of ether oxygens (including phenoxy) is 2. The summed E-state index contributed by atoms with van der Waals surface area (Å²) in [5, 5.41) is 6.42. The second-order valence-electron chi connectivity index (χ2n) is 4.75. The van der Waals surface area contributed by atoms with Crippen LogP contribution in [0.1, 0.15) is 40.0 Å². The van der Waals surface area contributed by atoms with Crippen LogP contribution in [0.2, 0.25) is 0 Å². The first-order valence-electron chi connectivity index (χ1n) is 7.61. The molecular weight excluding hydrogens is 270 g/mol. The van der Waals surface area contributed by atoms with Crippen LogP contribution in [0.5, 0.6) is 6.01 Å². The fraction of sp³-hybridized carbons (Fsp3) is 0.786. The molecule has 0 saturated carbocycles. The minimum absolute atomic E-state index is 0.162. The Morgan fingerprint density at radius 3 is 2.43 bits per heavy atom. The molecule has 0 aromatic carbocycles. The first kappa shape index (κ1) is 17.4. The lowest BCUT2D eigenvalue weighted by molar-refractivity contribution is 0.184. The second-order valence-corrected chi connectivity index (χ2v) is 4.75. The van der Waals surface area contributed by atoms with Crippen molar-refractivity contribution in [2.75, 3.05) is 37.5 Å². The van der Waals surface area contributed by atoms with Crippen LogP contribution in [-0.2, 0) is 4.74 Å². The number of hydrogen-bond donors (Lipinski definition) is 2. The van der Waals surface area contributed by atoms with Crippen LogP contribution in [0.15, 0.2) is 0 Å². The summed E-state index contributed by atoms with van der Waals surface area (Å²) in [5.41, 5.74) is 0. The zero-order valence-corrected chi connectivity index (χ0v) is 13.5. The molecule has 0 amide bonds. The standard InChI is InChI=1S/C14H27N5O2/c1-5-8-15-12-17-13(16-11(7-3)10-20-4)19-14(18-12)21-9-6-2/h11H,5-10H2,1-4H3,(H2,15,16,17,18,19). The van der Waals surface area contributed by atoms with Crippen molar-refractivity contribution in [2.24, 2.45) is 0 Å². The molecule has 7 nitrogen and oxygen atoms in total. The fourth-order valence-corrected chi connectivity index (χ4v) is 1.64. The first-order valence-corrected chi connectivity index (χ1v) is 7.61. The number of nitrogens with zero attached hydrogens (tertiary/aromatic N) is 3.